The molecule has 108 valence electrons. The molecule has 1 atom stereocenters. The van der Waals surface area contributed by atoms with E-state index in [1.54, 1.807) is 7.11 Å². The fourth-order valence-electron chi connectivity index (χ4n) is 1.78. The lowest BCUT2D eigenvalue weighted by Crippen LogP contribution is -2.31. The lowest BCUT2D eigenvalue weighted by molar-refractivity contribution is 0.238. The van der Waals surface area contributed by atoms with E-state index in [4.69, 9.17) is 9.47 Å². The molecule has 1 aromatic rings. The summed E-state index contributed by atoms with van der Waals surface area (Å²) in [5.41, 5.74) is 1.13. The van der Waals surface area contributed by atoms with Crippen molar-refractivity contribution in [3.05, 3.63) is 21.3 Å². The SMILES string of the molecule is CCOc1cc(CN[C@@H](CC)CO)cc(I)c1OC. The first kappa shape index (κ1) is 16.5. The van der Waals surface area contributed by atoms with Crippen molar-refractivity contribution in [3.63, 3.8) is 0 Å². The van der Waals surface area contributed by atoms with E-state index in [1.165, 1.54) is 0 Å². The van der Waals surface area contributed by atoms with E-state index in [0.717, 1.165) is 27.1 Å². The number of hydrogen-bond acceptors (Lipinski definition) is 4. The van der Waals surface area contributed by atoms with E-state index < -0.39 is 0 Å². The topological polar surface area (TPSA) is 50.7 Å². The van der Waals surface area contributed by atoms with Crippen LogP contribution in [0.25, 0.3) is 0 Å². The van der Waals surface area contributed by atoms with Gasteiger partial charge in [0.1, 0.15) is 0 Å². The molecule has 5 heteroatoms. The highest BCUT2D eigenvalue weighted by atomic mass is 127. The van der Waals surface area contributed by atoms with E-state index in [2.05, 4.69) is 40.9 Å². The summed E-state index contributed by atoms with van der Waals surface area (Å²) in [6.07, 6.45) is 0.905. The number of benzene rings is 1. The van der Waals surface area contributed by atoms with Gasteiger partial charge in [-0.05, 0) is 53.6 Å². The number of rotatable bonds is 8. The van der Waals surface area contributed by atoms with Crippen LogP contribution in [0.2, 0.25) is 0 Å². The van der Waals surface area contributed by atoms with Gasteiger partial charge in [0.2, 0.25) is 0 Å². The van der Waals surface area contributed by atoms with Gasteiger partial charge in [0.05, 0.1) is 23.9 Å². The number of ether oxygens (including phenoxy) is 2. The molecule has 0 bridgehead atoms. The van der Waals surface area contributed by atoms with Crippen LogP contribution in [-0.4, -0.2) is 31.5 Å². The minimum atomic E-state index is 0.135. The Labute approximate surface area is 128 Å². The van der Waals surface area contributed by atoms with Crippen LogP contribution >= 0.6 is 22.6 Å². The summed E-state index contributed by atoms with van der Waals surface area (Å²) >= 11 is 2.24. The first-order valence-electron chi connectivity index (χ1n) is 6.49. The van der Waals surface area contributed by atoms with Gasteiger partial charge in [0.25, 0.3) is 0 Å². The molecule has 0 unspecified atom stereocenters. The zero-order valence-electron chi connectivity index (χ0n) is 11.7. The summed E-state index contributed by atoms with van der Waals surface area (Å²) in [5, 5.41) is 12.5. The van der Waals surface area contributed by atoms with Crippen molar-refractivity contribution in [2.24, 2.45) is 0 Å². The molecule has 0 spiro atoms. The molecule has 0 saturated heterocycles. The molecule has 1 rings (SSSR count). The maximum absolute atomic E-state index is 9.17. The van der Waals surface area contributed by atoms with Crippen LogP contribution in [0.1, 0.15) is 25.8 Å². The van der Waals surface area contributed by atoms with E-state index >= 15 is 0 Å². The third-order valence-corrected chi connectivity index (χ3v) is 3.68. The molecule has 2 N–H and O–H groups in total. The van der Waals surface area contributed by atoms with Crippen molar-refractivity contribution >= 4 is 22.6 Å². The van der Waals surface area contributed by atoms with Crippen molar-refractivity contribution < 1.29 is 14.6 Å². The fourth-order valence-corrected chi connectivity index (χ4v) is 2.67. The summed E-state index contributed by atoms with van der Waals surface area (Å²) in [6.45, 7) is 5.48. The number of halogens is 1. The van der Waals surface area contributed by atoms with E-state index in [9.17, 15) is 5.11 Å². The van der Waals surface area contributed by atoms with Gasteiger partial charge in [-0.3, -0.25) is 0 Å². The second-order valence-corrected chi connectivity index (χ2v) is 5.37. The Morgan fingerprint density at radius 2 is 2.11 bits per heavy atom. The zero-order valence-corrected chi connectivity index (χ0v) is 13.9. The Hall–Kier alpha value is -0.530. The van der Waals surface area contributed by atoms with Crippen LogP contribution in [0.4, 0.5) is 0 Å². The van der Waals surface area contributed by atoms with E-state index in [-0.39, 0.29) is 12.6 Å². The zero-order chi connectivity index (χ0) is 14.3. The minimum Gasteiger partial charge on any atom is -0.492 e. The Bertz CT molecular complexity index is 395. The number of aliphatic hydroxyl groups excluding tert-OH is 1. The molecule has 0 aliphatic rings. The van der Waals surface area contributed by atoms with E-state index in [0.29, 0.717) is 13.2 Å². The van der Waals surface area contributed by atoms with Gasteiger partial charge in [-0.1, -0.05) is 6.92 Å². The monoisotopic (exact) mass is 379 g/mol. The average Bonchev–Trinajstić information content (AvgIpc) is 2.40. The average molecular weight is 379 g/mol. The van der Waals surface area contributed by atoms with Crippen LogP contribution < -0.4 is 14.8 Å². The molecule has 4 nitrogen and oxygen atoms in total. The summed E-state index contributed by atoms with van der Waals surface area (Å²) in [5.74, 6) is 1.55. The summed E-state index contributed by atoms with van der Waals surface area (Å²) in [4.78, 5) is 0. The molecule has 0 aliphatic heterocycles. The predicted molar refractivity (Wildman–Crippen MR) is 84.9 cm³/mol. The summed E-state index contributed by atoms with van der Waals surface area (Å²) < 4.78 is 12.0. The van der Waals surface area contributed by atoms with Crippen molar-refractivity contribution in [1.29, 1.82) is 0 Å². The van der Waals surface area contributed by atoms with Crippen molar-refractivity contribution in [3.8, 4) is 11.5 Å². The van der Waals surface area contributed by atoms with Crippen molar-refractivity contribution in [2.45, 2.75) is 32.9 Å². The van der Waals surface area contributed by atoms with Crippen LogP contribution in [0, 0.1) is 3.57 Å². The lowest BCUT2D eigenvalue weighted by Gasteiger charge is -2.16. The molecule has 0 amide bonds. The minimum absolute atomic E-state index is 0.135. The quantitative estimate of drug-likeness (QED) is 0.682. The van der Waals surface area contributed by atoms with Gasteiger partial charge < -0.3 is 19.9 Å². The molecule has 0 saturated carbocycles. The summed E-state index contributed by atoms with van der Waals surface area (Å²) in [7, 11) is 1.65. The Balaban J connectivity index is 2.84. The molecule has 19 heavy (non-hydrogen) atoms. The normalized spacial score (nSPS) is 12.3. The maximum atomic E-state index is 9.17. The molecule has 0 aromatic heterocycles. The van der Waals surface area contributed by atoms with Crippen molar-refractivity contribution in [1.82, 2.24) is 5.32 Å². The Kier molecular flexibility index (Phi) is 7.48. The molecule has 0 fully saturated rings. The number of methoxy groups -OCH3 is 1. The van der Waals surface area contributed by atoms with Crippen LogP contribution in [0.5, 0.6) is 11.5 Å². The number of nitrogens with one attached hydrogen (secondary N) is 1. The van der Waals surface area contributed by atoms with Crippen molar-refractivity contribution in [2.75, 3.05) is 20.3 Å². The molecular weight excluding hydrogens is 357 g/mol. The smallest absolute Gasteiger partial charge is 0.174 e. The van der Waals surface area contributed by atoms with Gasteiger partial charge in [-0.2, -0.15) is 0 Å². The second kappa shape index (κ2) is 8.60. The molecule has 0 radical (unpaired) electrons. The van der Waals surface area contributed by atoms with Gasteiger partial charge in [-0.25, -0.2) is 0 Å². The third kappa shape index (κ3) is 4.81. The largest absolute Gasteiger partial charge is 0.492 e. The standard InChI is InChI=1S/C14H22INO3/c1-4-11(9-17)16-8-10-6-12(15)14(18-3)13(7-10)19-5-2/h6-7,11,16-17H,4-5,8-9H2,1-3H3/t11-/m0/s1. The first-order chi connectivity index (χ1) is 9.15. The fraction of sp³-hybridized carbons (Fsp3) is 0.571. The highest BCUT2D eigenvalue weighted by Crippen LogP contribution is 2.33. The molecular formula is C14H22INO3. The Morgan fingerprint density at radius 3 is 2.63 bits per heavy atom. The first-order valence-corrected chi connectivity index (χ1v) is 7.57. The third-order valence-electron chi connectivity index (χ3n) is 2.88. The van der Waals surface area contributed by atoms with Crippen LogP contribution in [-0.2, 0) is 6.54 Å². The maximum Gasteiger partial charge on any atom is 0.174 e. The lowest BCUT2D eigenvalue weighted by atomic mass is 10.1. The molecule has 0 aliphatic carbocycles. The van der Waals surface area contributed by atoms with E-state index in [1.807, 2.05) is 13.0 Å². The molecule has 0 heterocycles. The second-order valence-electron chi connectivity index (χ2n) is 4.21. The van der Waals surface area contributed by atoms with Gasteiger partial charge in [0.15, 0.2) is 11.5 Å². The van der Waals surface area contributed by atoms with Gasteiger partial charge in [-0.15, -0.1) is 0 Å². The highest BCUT2D eigenvalue weighted by Gasteiger charge is 2.12. The predicted octanol–water partition coefficient (Wildman–Crippen LogP) is 2.56. The van der Waals surface area contributed by atoms with Crippen LogP contribution in [0.15, 0.2) is 12.1 Å². The van der Waals surface area contributed by atoms with Crippen LogP contribution in [0.3, 0.4) is 0 Å². The summed E-state index contributed by atoms with van der Waals surface area (Å²) in [6, 6.07) is 4.19. The molecule has 1 aromatic carbocycles. The number of aliphatic hydroxyl groups is 1. The van der Waals surface area contributed by atoms with Gasteiger partial charge >= 0.3 is 0 Å². The Morgan fingerprint density at radius 1 is 1.37 bits per heavy atom. The highest BCUT2D eigenvalue weighted by molar-refractivity contribution is 14.1. The number of hydrogen-bond donors (Lipinski definition) is 2. The van der Waals surface area contributed by atoms with Gasteiger partial charge in [0, 0.05) is 12.6 Å².